The van der Waals surface area contributed by atoms with E-state index >= 15 is 0 Å². The molecule has 6 heteroatoms. The molecule has 0 bridgehead atoms. The number of nitrogens with two attached hydrogens (primary N) is 1. The second-order valence-corrected chi connectivity index (χ2v) is 5.84. The minimum Gasteiger partial charge on any atom is -0.469 e. The maximum absolute atomic E-state index is 11.9. The number of hydrazone groups is 1. The van der Waals surface area contributed by atoms with Crippen LogP contribution >= 0.6 is 0 Å². The predicted molar refractivity (Wildman–Crippen MR) is 72.5 cm³/mol. The van der Waals surface area contributed by atoms with Crippen LogP contribution in [0.3, 0.4) is 0 Å². The van der Waals surface area contributed by atoms with Crippen molar-refractivity contribution in [2.75, 3.05) is 7.11 Å². The molecule has 1 rings (SSSR count). The molecule has 1 saturated carbocycles. The number of primary amides is 1. The van der Waals surface area contributed by atoms with Crippen LogP contribution in [0, 0.1) is 16.7 Å². The molecule has 6 nitrogen and oxygen atoms in total. The lowest BCUT2D eigenvalue weighted by atomic mass is 9.63. The van der Waals surface area contributed by atoms with Gasteiger partial charge in [0.05, 0.1) is 13.0 Å². The molecule has 19 heavy (non-hydrogen) atoms. The molecule has 0 radical (unpaired) electrons. The number of amides is 2. The summed E-state index contributed by atoms with van der Waals surface area (Å²) in [7, 11) is 1.41. The molecule has 0 heterocycles. The van der Waals surface area contributed by atoms with Crippen molar-refractivity contribution in [3.8, 4) is 0 Å². The van der Waals surface area contributed by atoms with Gasteiger partial charge in [0.25, 0.3) is 0 Å². The van der Waals surface area contributed by atoms with Gasteiger partial charge in [-0.3, -0.25) is 4.79 Å². The van der Waals surface area contributed by atoms with E-state index in [2.05, 4.69) is 17.5 Å². The molecule has 0 saturated heterocycles. The number of ether oxygens (including phenoxy) is 1. The molecule has 0 aromatic carbocycles. The van der Waals surface area contributed by atoms with E-state index in [9.17, 15) is 9.59 Å². The smallest absolute Gasteiger partial charge is 0.332 e. The predicted octanol–water partition coefficient (Wildman–Crippen LogP) is 1.65. The Kier molecular flexibility index (Phi) is 4.22. The summed E-state index contributed by atoms with van der Waals surface area (Å²) < 4.78 is 4.87. The van der Waals surface area contributed by atoms with Crippen LogP contribution in [0.15, 0.2) is 5.10 Å². The first kappa shape index (κ1) is 15.5. The highest BCUT2D eigenvalue weighted by Crippen LogP contribution is 2.56. The Bertz CT molecular complexity index is 417. The average molecular weight is 269 g/mol. The van der Waals surface area contributed by atoms with Gasteiger partial charge in [-0.2, -0.15) is 5.10 Å². The van der Waals surface area contributed by atoms with Crippen molar-refractivity contribution in [2.24, 2.45) is 27.6 Å². The number of hydrogen-bond donors (Lipinski definition) is 2. The zero-order valence-corrected chi connectivity index (χ0v) is 12.2. The van der Waals surface area contributed by atoms with Gasteiger partial charge in [0.15, 0.2) is 0 Å². The van der Waals surface area contributed by atoms with Gasteiger partial charge >= 0.3 is 12.0 Å². The monoisotopic (exact) mass is 269 g/mol. The molecule has 1 fully saturated rings. The Morgan fingerprint density at radius 2 is 1.95 bits per heavy atom. The summed E-state index contributed by atoms with van der Waals surface area (Å²) in [5, 5.41) is 4.03. The third-order valence-electron chi connectivity index (χ3n) is 4.84. The maximum Gasteiger partial charge on any atom is 0.332 e. The quantitative estimate of drug-likeness (QED) is 0.463. The van der Waals surface area contributed by atoms with E-state index in [1.165, 1.54) is 7.11 Å². The molecule has 0 aliphatic heterocycles. The molecule has 0 aromatic rings. The van der Waals surface area contributed by atoms with Crippen LogP contribution in [0.4, 0.5) is 4.79 Å². The molecule has 0 unspecified atom stereocenters. The molecule has 2 amide bonds. The van der Waals surface area contributed by atoms with Crippen LogP contribution in [0.25, 0.3) is 0 Å². The van der Waals surface area contributed by atoms with Crippen molar-refractivity contribution in [1.29, 1.82) is 0 Å². The van der Waals surface area contributed by atoms with E-state index in [-0.39, 0.29) is 22.7 Å². The summed E-state index contributed by atoms with van der Waals surface area (Å²) in [4.78, 5) is 22.6. The fraction of sp³-hybridized carbons (Fsp3) is 0.769. The van der Waals surface area contributed by atoms with Gasteiger partial charge in [-0.15, -0.1) is 0 Å². The van der Waals surface area contributed by atoms with E-state index in [1.807, 2.05) is 20.8 Å². The molecule has 1 aliphatic rings. The summed E-state index contributed by atoms with van der Waals surface area (Å²) in [6, 6.07) is -0.691. The fourth-order valence-corrected chi connectivity index (χ4v) is 2.96. The van der Waals surface area contributed by atoms with Crippen molar-refractivity contribution in [1.82, 2.24) is 5.43 Å². The number of esters is 1. The number of nitrogens with one attached hydrogen (secondary N) is 1. The Labute approximate surface area is 113 Å². The molecule has 108 valence electrons. The van der Waals surface area contributed by atoms with Crippen LogP contribution < -0.4 is 11.2 Å². The van der Waals surface area contributed by atoms with Crippen LogP contribution in [0.5, 0.6) is 0 Å². The van der Waals surface area contributed by atoms with Crippen molar-refractivity contribution in [2.45, 2.75) is 40.5 Å². The molecule has 0 aromatic heterocycles. The largest absolute Gasteiger partial charge is 0.469 e. The number of carbonyl (C=O) groups excluding carboxylic acids is 2. The van der Waals surface area contributed by atoms with E-state index in [4.69, 9.17) is 10.5 Å². The zero-order chi connectivity index (χ0) is 14.8. The molecular formula is C13H23N3O3. The molecule has 1 aliphatic carbocycles. The van der Waals surface area contributed by atoms with Crippen molar-refractivity contribution in [3.05, 3.63) is 0 Å². The number of methoxy groups -OCH3 is 1. The standard InChI is InChI=1S/C13H23N3O3/c1-8(15-16-11(14)18)13(4)7-6-9(10(17)19-5)12(13,2)3/h9H,6-7H2,1-5H3,(H3,14,16,18)/b15-8-/t9-,13-/m1/s1. The lowest BCUT2D eigenvalue weighted by Crippen LogP contribution is -2.43. The third kappa shape index (κ3) is 2.57. The van der Waals surface area contributed by atoms with Crippen LogP contribution in [0.1, 0.15) is 40.5 Å². The van der Waals surface area contributed by atoms with Gasteiger partial charge < -0.3 is 10.5 Å². The number of nitrogens with zero attached hydrogens (tertiary/aromatic N) is 1. The highest BCUT2D eigenvalue weighted by molar-refractivity contribution is 5.91. The van der Waals surface area contributed by atoms with Gasteiger partial charge in [0.2, 0.25) is 0 Å². The van der Waals surface area contributed by atoms with Crippen LogP contribution in [-0.4, -0.2) is 24.8 Å². The highest BCUT2D eigenvalue weighted by Gasteiger charge is 2.56. The third-order valence-corrected chi connectivity index (χ3v) is 4.84. The number of hydrogen-bond acceptors (Lipinski definition) is 4. The van der Waals surface area contributed by atoms with Gasteiger partial charge in [-0.25, -0.2) is 10.2 Å². The highest BCUT2D eigenvalue weighted by atomic mass is 16.5. The molecule has 3 N–H and O–H groups in total. The first-order valence-corrected chi connectivity index (χ1v) is 6.35. The SMILES string of the molecule is COC(=O)[C@H]1CC[C@](C)(/C(C)=N\NC(N)=O)C1(C)C. The lowest BCUT2D eigenvalue weighted by molar-refractivity contribution is -0.149. The summed E-state index contributed by atoms with van der Waals surface area (Å²) >= 11 is 0. The number of rotatable bonds is 3. The summed E-state index contributed by atoms with van der Waals surface area (Å²) in [6.07, 6.45) is 1.56. The Balaban J connectivity index is 3.03. The first-order chi connectivity index (χ1) is 8.66. The zero-order valence-electron chi connectivity index (χ0n) is 12.2. The number of urea groups is 1. The van der Waals surface area contributed by atoms with E-state index in [0.29, 0.717) is 0 Å². The second kappa shape index (κ2) is 5.19. The average Bonchev–Trinajstić information content (AvgIpc) is 2.57. The fourth-order valence-electron chi connectivity index (χ4n) is 2.96. The van der Waals surface area contributed by atoms with Crippen LogP contribution in [-0.2, 0) is 9.53 Å². The topological polar surface area (TPSA) is 93.8 Å². The van der Waals surface area contributed by atoms with E-state index in [0.717, 1.165) is 18.6 Å². The van der Waals surface area contributed by atoms with Gasteiger partial charge in [-0.05, 0) is 25.2 Å². The normalized spacial score (nSPS) is 29.9. The molecular weight excluding hydrogens is 246 g/mol. The summed E-state index contributed by atoms with van der Waals surface area (Å²) in [6.45, 7) is 7.96. The minimum absolute atomic E-state index is 0.166. The van der Waals surface area contributed by atoms with Gasteiger partial charge in [0.1, 0.15) is 0 Å². The van der Waals surface area contributed by atoms with Crippen LogP contribution in [0.2, 0.25) is 0 Å². The Morgan fingerprint density at radius 1 is 1.37 bits per heavy atom. The van der Waals surface area contributed by atoms with Crippen molar-refractivity contribution < 1.29 is 14.3 Å². The Morgan fingerprint density at radius 3 is 2.42 bits per heavy atom. The first-order valence-electron chi connectivity index (χ1n) is 6.35. The maximum atomic E-state index is 11.9. The molecule has 2 atom stereocenters. The minimum atomic E-state index is -0.691. The number of carbonyl (C=O) groups is 2. The Hall–Kier alpha value is -1.59. The van der Waals surface area contributed by atoms with Crippen molar-refractivity contribution >= 4 is 17.7 Å². The lowest BCUT2D eigenvalue weighted by Gasteiger charge is -2.40. The second-order valence-electron chi connectivity index (χ2n) is 5.84. The van der Waals surface area contributed by atoms with Gasteiger partial charge in [0, 0.05) is 11.1 Å². The summed E-state index contributed by atoms with van der Waals surface area (Å²) in [5.41, 5.74) is 7.45. The molecule has 0 spiro atoms. The van der Waals surface area contributed by atoms with Gasteiger partial charge in [-0.1, -0.05) is 20.8 Å². The van der Waals surface area contributed by atoms with E-state index < -0.39 is 6.03 Å². The summed E-state index contributed by atoms with van der Waals surface area (Å²) in [5.74, 6) is -0.356. The van der Waals surface area contributed by atoms with Crippen molar-refractivity contribution in [3.63, 3.8) is 0 Å². The van der Waals surface area contributed by atoms with E-state index in [1.54, 1.807) is 0 Å².